The number of fused-ring (bicyclic) bond motifs is 1. The maximum atomic E-state index is 14.0. The number of pyridine rings is 1. The lowest BCUT2D eigenvalue weighted by Gasteiger charge is -2.11. The number of hydrogen-bond donors (Lipinski definition) is 3. The fraction of sp³-hybridized carbons (Fsp3) is 0.0571. The number of anilines is 1. The van der Waals surface area contributed by atoms with Crippen molar-refractivity contribution in [2.45, 2.75) is 13.3 Å². The van der Waals surface area contributed by atoms with Gasteiger partial charge in [0.25, 0.3) is 0 Å². The minimum atomic E-state index is -0.309. The molecule has 3 aromatic carbocycles. The van der Waals surface area contributed by atoms with Crippen LogP contribution in [0.2, 0.25) is 0 Å². The van der Waals surface area contributed by atoms with E-state index in [0.717, 1.165) is 56.7 Å². The van der Waals surface area contributed by atoms with E-state index in [-0.39, 0.29) is 5.82 Å². The highest BCUT2D eigenvalue weighted by Gasteiger charge is 2.18. The van der Waals surface area contributed by atoms with Crippen LogP contribution in [-0.2, 0) is 6.42 Å². The number of allylic oxidation sites excluding steroid dienone is 3. The summed E-state index contributed by atoms with van der Waals surface area (Å²) in [4.78, 5) is 12.7. The van der Waals surface area contributed by atoms with Crippen molar-refractivity contribution in [2.24, 2.45) is 0 Å². The van der Waals surface area contributed by atoms with Crippen LogP contribution >= 0.6 is 0 Å². The van der Waals surface area contributed by atoms with E-state index in [0.29, 0.717) is 17.2 Å². The van der Waals surface area contributed by atoms with Crippen molar-refractivity contribution >= 4 is 22.2 Å². The van der Waals surface area contributed by atoms with Crippen LogP contribution in [0.3, 0.4) is 0 Å². The summed E-state index contributed by atoms with van der Waals surface area (Å²) in [6.45, 7) is 9.98. The molecule has 0 unspecified atom stereocenters. The molecule has 0 spiro atoms. The normalized spacial score (nSPS) is 11.5. The van der Waals surface area contributed by atoms with Gasteiger partial charge >= 0.3 is 0 Å². The van der Waals surface area contributed by atoms with E-state index in [1.54, 1.807) is 18.3 Å². The minimum absolute atomic E-state index is 0.309. The van der Waals surface area contributed by atoms with Crippen molar-refractivity contribution in [1.82, 2.24) is 25.1 Å². The Morgan fingerprint density at radius 2 is 1.83 bits per heavy atom. The van der Waals surface area contributed by atoms with E-state index in [1.165, 1.54) is 17.7 Å². The number of benzene rings is 3. The highest BCUT2D eigenvalue weighted by Crippen LogP contribution is 2.33. The standard InChI is InChI=1S/C35H29FN6/c1-4-9-30(26-12-8-13-28(36)17-26)33-23(3)39-35(40-33)34-31-19-25(14-15-32(31)41-42-34)27-18-29(21-37-20-27)38-22(2)16-24-10-6-5-7-11-24/h4-15,17-21,38H,1-2,16H2,3H3,(H,39,40)(H,41,42)/b30-9-. The Kier molecular flexibility index (Phi) is 7.30. The van der Waals surface area contributed by atoms with Crippen molar-refractivity contribution < 1.29 is 4.39 Å². The molecular weight excluding hydrogens is 523 g/mol. The second-order valence-electron chi connectivity index (χ2n) is 10.1. The summed E-state index contributed by atoms with van der Waals surface area (Å²) < 4.78 is 14.0. The number of rotatable bonds is 9. The zero-order valence-corrected chi connectivity index (χ0v) is 23.2. The van der Waals surface area contributed by atoms with E-state index < -0.39 is 0 Å². The van der Waals surface area contributed by atoms with Crippen molar-refractivity contribution in [2.75, 3.05) is 5.32 Å². The molecule has 0 aliphatic heterocycles. The number of imidazole rings is 1. The summed E-state index contributed by atoms with van der Waals surface area (Å²) in [5.74, 6) is 0.305. The first-order valence-corrected chi connectivity index (χ1v) is 13.6. The van der Waals surface area contributed by atoms with Gasteiger partial charge in [0.1, 0.15) is 11.5 Å². The van der Waals surface area contributed by atoms with Gasteiger partial charge in [0.15, 0.2) is 5.82 Å². The largest absolute Gasteiger partial charge is 0.358 e. The van der Waals surface area contributed by atoms with Crippen LogP contribution in [0.25, 0.3) is 39.1 Å². The van der Waals surface area contributed by atoms with Crippen LogP contribution in [0.15, 0.2) is 122 Å². The minimum Gasteiger partial charge on any atom is -0.358 e. The monoisotopic (exact) mass is 552 g/mol. The number of H-pyrrole nitrogens is 2. The van der Waals surface area contributed by atoms with Crippen molar-refractivity contribution in [3.63, 3.8) is 0 Å². The maximum Gasteiger partial charge on any atom is 0.159 e. The summed E-state index contributed by atoms with van der Waals surface area (Å²) in [6, 6.07) is 24.9. The SMILES string of the molecule is C=C/C=C(/c1cccc(F)c1)c1nc(-c2n[nH]c3ccc(-c4cncc(NC(=C)Cc5ccccc5)c4)cc23)[nH]c1C. The molecule has 0 radical (unpaired) electrons. The molecule has 3 heterocycles. The van der Waals surface area contributed by atoms with Crippen LogP contribution < -0.4 is 5.32 Å². The van der Waals surface area contributed by atoms with Crippen LogP contribution in [0.4, 0.5) is 10.1 Å². The van der Waals surface area contributed by atoms with E-state index in [4.69, 9.17) is 4.98 Å². The van der Waals surface area contributed by atoms with Gasteiger partial charge in [-0.2, -0.15) is 5.10 Å². The molecule has 0 atom stereocenters. The fourth-order valence-corrected chi connectivity index (χ4v) is 5.05. The first-order chi connectivity index (χ1) is 20.5. The third kappa shape index (κ3) is 5.53. The first-order valence-electron chi connectivity index (χ1n) is 13.6. The number of hydrogen-bond acceptors (Lipinski definition) is 4. The predicted molar refractivity (Wildman–Crippen MR) is 168 cm³/mol. The average Bonchev–Trinajstić information content (AvgIpc) is 3.59. The molecule has 0 bridgehead atoms. The Morgan fingerprint density at radius 3 is 2.64 bits per heavy atom. The number of aromatic amines is 2. The van der Waals surface area contributed by atoms with E-state index in [2.05, 4.69) is 62.9 Å². The van der Waals surface area contributed by atoms with Gasteiger partial charge in [0.05, 0.1) is 23.1 Å². The topological polar surface area (TPSA) is 82.3 Å². The van der Waals surface area contributed by atoms with Crippen LogP contribution in [0.1, 0.15) is 22.5 Å². The van der Waals surface area contributed by atoms with Gasteiger partial charge in [0.2, 0.25) is 0 Å². The average molecular weight is 553 g/mol. The van der Waals surface area contributed by atoms with Gasteiger partial charge in [-0.25, -0.2) is 9.37 Å². The van der Waals surface area contributed by atoms with E-state index in [1.807, 2.05) is 55.6 Å². The van der Waals surface area contributed by atoms with Gasteiger partial charge in [-0.3, -0.25) is 10.1 Å². The lowest BCUT2D eigenvalue weighted by atomic mass is 10.0. The Bertz CT molecular complexity index is 1950. The summed E-state index contributed by atoms with van der Waals surface area (Å²) in [5, 5.41) is 12.0. The third-order valence-corrected chi connectivity index (χ3v) is 7.00. The van der Waals surface area contributed by atoms with Gasteiger partial charge in [-0.1, -0.05) is 73.8 Å². The fourth-order valence-electron chi connectivity index (χ4n) is 5.05. The molecule has 6 rings (SSSR count). The molecule has 0 aliphatic carbocycles. The Morgan fingerprint density at radius 1 is 0.976 bits per heavy atom. The molecule has 3 aromatic heterocycles. The third-order valence-electron chi connectivity index (χ3n) is 7.00. The summed E-state index contributed by atoms with van der Waals surface area (Å²) in [5.41, 5.74) is 9.52. The lowest BCUT2D eigenvalue weighted by Crippen LogP contribution is -2.02. The lowest BCUT2D eigenvalue weighted by molar-refractivity contribution is 0.627. The first kappa shape index (κ1) is 26.7. The van der Waals surface area contributed by atoms with E-state index in [9.17, 15) is 4.39 Å². The van der Waals surface area contributed by atoms with Crippen LogP contribution in [0.5, 0.6) is 0 Å². The van der Waals surface area contributed by atoms with Crippen LogP contribution in [0, 0.1) is 12.7 Å². The quantitative estimate of drug-likeness (QED) is 0.158. The molecule has 6 nitrogen and oxygen atoms in total. The number of aromatic nitrogens is 5. The van der Waals surface area contributed by atoms with E-state index >= 15 is 0 Å². The zero-order chi connectivity index (χ0) is 29.1. The van der Waals surface area contributed by atoms with Gasteiger partial charge < -0.3 is 10.3 Å². The molecule has 6 aromatic rings. The molecule has 206 valence electrons. The molecule has 7 heteroatoms. The number of aryl methyl sites for hydroxylation is 1. The Labute approximate surface area is 243 Å². The van der Waals surface area contributed by atoms with Crippen molar-refractivity contribution in [3.05, 3.63) is 151 Å². The molecular formula is C35H29FN6. The van der Waals surface area contributed by atoms with Gasteiger partial charge in [0, 0.05) is 40.5 Å². The van der Waals surface area contributed by atoms with Gasteiger partial charge in [-0.15, -0.1) is 0 Å². The molecule has 0 aliphatic rings. The molecule has 0 saturated carbocycles. The second kappa shape index (κ2) is 11.5. The smallest absolute Gasteiger partial charge is 0.159 e. The van der Waals surface area contributed by atoms with Crippen molar-refractivity contribution in [1.29, 1.82) is 0 Å². The summed E-state index contributed by atoms with van der Waals surface area (Å²) in [6.07, 6.45) is 7.88. The molecule has 42 heavy (non-hydrogen) atoms. The molecule has 0 fully saturated rings. The molecule has 3 N–H and O–H groups in total. The Balaban J connectivity index is 1.31. The molecule has 0 amide bonds. The van der Waals surface area contributed by atoms with Crippen LogP contribution in [-0.4, -0.2) is 25.1 Å². The summed E-state index contributed by atoms with van der Waals surface area (Å²) >= 11 is 0. The number of nitrogens with one attached hydrogen (secondary N) is 3. The Hall–Kier alpha value is -5.56. The second-order valence-corrected chi connectivity index (χ2v) is 10.1. The number of halogens is 1. The van der Waals surface area contributed by atoms with Crippen molar-refractivity contribution in [3.8, 4) is 22.6 Å². The summed E-state index contributed by atoms with van der Waals surface area (Å²) in [7, 11) is 0. The van der Waals surface area contributed by atoms with Gasteiger partial charge in [-0.05, 0) is 53.9 Å². The predicted octanol–water partition coefficient (Wildman–Crippen LogP) is 8.25. The highest BCUT2D eigenvalue weighted by molar-refractivity contribution is 5.95. The highest BCUT2D eigenvalue weighted by atomic mass is 19.1. The molecule has 0 saturated heterocycles. The number of nitrogens with zero attached hydrogens (tertiary/aromatic N) is 3. The maximum absolute atomic E-state index is 14.0. The zero-order valence-electron chi connectivity index (χ0n) is 23.2.